The van der Waals surface area contributed by atoms with Crippen LogP contribution in [0.1, 0.15) is 45.4 Å². The molecule has 0 aromatic rings. The molecule has 0 aromatic heterocycles. The highest BCUT2D eigenvalue weighted by Crippen LogP contribution is 2.23. The Morgan fingerprint density at radius 3 is 2.43 bits per heavy atom. The second kappa shape index (κ2) is 9.02. The summed E-state index contributed by atoms with van der Waals surface area (Å²) in [5.41, 5.74) is 0. The molecule has 1 amide bonds. The quantitative estimate of drug-likeness (QED) is 0.540. The Balaban J connectivity index is 2.50. The van der Waals surface area contributed by atoms with Gasteiger partial charge in [0.05, 0.1) is 0 Å². The van der Waals surface area contributed by atoms with Gasteiger partial charge in [-0.3, -0.25) is 4.79 Å². The molecule has 3 N–H and O–H groups in total. The Morgan fingerprint density at radius 2 is 1.91 bits per heavy atom. The third-order valence-corrected chi connectivity index (χ3v) is 5.31. The lowest BCUT2D eigenvalue weighted by molar-refractivity contribution is -0.141. The van der Waals surface area contributed by atoms with Crippen molar-refractivity contribution in [1.82, 2.24) is 10.0 Å². The second-order valence-electron chi connectivity index (χ2n) is 6.16. The van der Waals surface area contributed by atoms with Crippen LogP contribution in [0, 0.1) is 5.92 Å². The number of hydrogen-bond donors (Lipinski definition) is 3. The summed E-state index contributed by atoms with van der Waals surface area (Å²) in [4.78, 5) is 22.9. The van der Waals surface area contributed by atoms with E-state index in [1.54, 1.807) is 6.08 Å². The SMILES string of the molecule is C=CCCC(NC(=O)CS(=O)(=O)NC1CCC(C)CC1)C(=O)O. The van der Waals surface area contributed by atoms with Crippen LogP contribution in [0.3, 0.4) is 0 Å². The van der Waals surface area contributed by atoms with Crippen molar-refractivity contribution in [3.63, 3.8) is 0 Å². The Hall–Kier alpha value is -1.41. The van der Waals surface area contributed by atoms with Crippen LogP contribution in [-0.4, -0.2) is 43.2 Å². The van der Waals surface area contributed by atoms with E-state index in [9.17, 15) is 18.0 Å². The molecule has 1 aliphatic rings. The number of sulfonamides is 1. The molecule has 1 fully saturated rings. The van der Waals surface area contributed by atoms with Crippen molar-refractivity contribution in [3.8, 4) is 0 Å². The molecule has 0 aliphatic heterocycles. The summed E-state index contributed by atoms with van der Waals surface area (Å²) in [6, 6.07) is -1.24. The van der Waals surface area contributed by atoms with Crippen molar-refractivity contribution in [1.29, 1.82) is 0 Å². The fraction of sp³-hybridized carbons (Fsp3) is 0.733. The van der Waals surface area contributed by atoms with Crippen molar-refractivity contribution in [2.24, 2.45) is 5.92 Å². The van der Waals surface area contributed by atoms with Gasteiger partial charge in [-0.25, -0.2) is 17.9 Å². The van der Waals surface area contributed by atoms with Gasteiger partial charge in [0.2, 0.25) is 15.9 Å². The zero-order chi connectivity index (χ0) is 17.5. The van der Waals surface area contributed by atoms with E-state index < -0.39 is 33.7 Å². The van der Waals surface area contributed by atoms with Crippen LogP contribution in [0.5, 0.6) is 0 Å². The van der Waals surface area contributed by atoms with Gasteiger partial charge in [-0.05, 0) is 44.4 Å². The number of rotatable bonds is 9. The van der Waals surface area contributed by atoms with Gasteiger partial charge < -0.3 is 10.4 Å². The highest BCUT2D eigenvalue weighted by atomic mass is 32.2. The number of carbonyl (C=O) groups is 2. The topological polar surface area (TPSA) is 113 Å². The molecule has 1 atom stereocenters. The summed E-state index contributed by atoms with van der Waals surface area (Å²) in [5, 5.41) is 11.3. The first-order valence-electron chi connectivity index (χ1n) is 7.86. The number of carboxylic acid groups (broad SMARTS) is 1. The summed E-state index contributed by atoms with van der Waals surface area (Å²) >= 11 is 0. The Kier molecular flexibility index (Phi) is 7.70. The van der Waals surface area contributed by atoms with Crippen LogP contribution in [0.25, 0.3) is 0 Å². The van der Waals surface area contributed by atoms with Gasteiger partial charge in [-0.1, -0.05) is 13.0 Å². The van der Waals surface area contributed by atoms with Gasteiger partial charge in [-0.15, -0.1) is 6.58 Å². The summed E-state index contributed by atoms with van der Waals surface area (Å²) in [7, 11) is -3.76. The van der Waals surface area contributed by atoms with E-state index in [-0.39, 0.29) is 12.5 Å². The number of hydrogen-bond acceptors (Lipinski definition) is 4. The van der Waals surface area contributed by atoms with Crippen LogP contribution in [-0.2, 0) is 19.6 Å². The fourth-order valence-corrected chi connectivity index (χ4v) is 3.88. The summed E-state index contributed by atoms with van der Waals surface area (Å²) < 4.78 is 26.6. The molecule has 0 radical (unpaired) electrons. The van der Waals surface area contributed by atoms with E-state index in [4.69, 9.17) is 5.11 Å². The Bertz CT molecular complexity index is 524. The molecule has 0 saturated heterocycles. The van der Waals surface area contributed by atoms with E-state index in [0.717, 1.165) is 25.7 Å². The number of allylic oxidation sites excluding steroid dienone is 1. The Labute approximate surface area is 137 Å². The van der Waals surface area contributed by atoms with Gasteiger partial charge in [0.15, 0.2) is 0 Å². The number of aliphatic carboxylic acids is 1. The molecule has 1 saturated carbocycles. The highest BCUT2D eigenvalue weighted by molar-refractivity contribution is 7.90. The number of carbonyl (C=O) groups excluding carboxylic acids is 1. The summed E-state index contributed by atoms with van der Waals surface area (Å²) in [5.74, 6) is -2.15. The smallest absolute Gasteiger partial charge is 0.326 e. The molecule has 0 aromatic carbocycles. The molecule has 132 valence electrons. The maximum absolute atomic E-state index is 12.0. The third kappa shape index (κ3) is 7.60. The van der Waals surface area contributed by atoms with Gasteiger partial charge in [-0.2, -0.15) is 0 Å². The lowest BCUT2D eigenvalue weighted by Crippen LogP contribution is -2.46. The monoisotopic (exact) mass is 346 g/mol. The zero-order valence-electron chi connectivity index (χ0n) is 13.5. The molecule has 23 heavy (non-hydrogen) atoms. The lowest BCUT2D eigenvalue weighted by Gasteiger charge is -2.26. The van der Waals surface area contributed by atoms with Crippen molar-refractivity contribution in [2.75, 3.05) is 5.75 Å². The summed E-state index contributed by atoms with van der Waals surface area (Å²) in [6.07, 6.45) is 5.59. The van der Waals surface area contributed by atoms with Crippen LogP contribution < -0.4 is 10.0 Å². The van der Waals surface area contributed by atoms with Crippen LogP contribution >= 0.6 is 0 Å². The molecule has 1 aliphatic carbocycles. The van der Waals surface area contributed by atoms with E-state index >= 15 is 0 Å². The van der Waals surface area contributed by atoms with Crippen molar-refractivity contribution < 1.29 is 23.1 Å². The molecule has 8 heteroatoms. The van der Waals surface area contributed by atoms with Crippen LogP contribution in [0.4, 0.5) is 0 Å². The van der Waals surface area contributed by atoms with Gasteiger partial charge in [0.1, 0.15) is 11.8 Å². The second-order valence-corrected chi connectivity index (χ2v) is 7.91. The molecular formula is C15H26N2O5S. The van der Waals surface area contributed by atoms with E-state index in [1.807, 2.05) is 0 Å². The zero-order valence-corrected chi connectivity index (χ0v) is 14.3. The van der Waals surface area contributed by atoms with Crippen LogP contribution in [0.2, 0.25) is 0 Å². The van der Waals surface area contributed by atoms with E-state index in [1.165, 1.54) is 0 Å². The maximum Gasteiger partial charge on any atom is 0.326 e. The average Bonchev–Trinajstić information content (AvgIpc) is 2.44. The molecule has 0 heterocycles. The lowest BCUT2D eigenvalue weighted by atomic mass is 9.88. The predicted molar refractivity (Wildman–Crippen MR) is 87.3 cm³/mol. The predicted octanol–water partition coefficient (Wildman–Crippen LogP) is 1.02. The third-order valence-electron chi connectivity index (χ3n) is 3.98. The minimum Gasteiger partial charge on any atom is -0.480 e. The first-order valence-corrected chi connectivity index (χ1v) is 9.51. The fourth-order valence-electron chi connectivity index (χ4n) is 2.62. The maximum atomic E-state index is 12.0. The van der Waals surface area contributed by atoms with Gasteiger partial charge in [0, 0.05) is 6.04 Å². The molecule has 1 rings (SSSR count). The van der Waals surface area contributed by atoms with Crippen molar-refractivity contribution >= 4 is 21.9 Å². The molecule has 0 bridgehead atoms. The number of nitrogens with one attached hydrogen (secondary N) is 2. The molecule has 7 nitrogen and oxygen atoms in total. The molecular weight excluding hydrogens is 320 g/mol. The minimum absolute atomic E-state index is 0.139. The normalized spacial score (nSPS) is 23.0. The molecule has 0 spiro atoms. The molecule has 1 unspecified atom stereocenters. The largest absolute Gasteiger partial charge is 0.480 e. The van der Waals surface area contributed by atoms with E-state index in [0.29, 0.717) is 12.3 Å². The van der Waals surface area contributed by atoms with Crippen LogP contribution in [0.15, 0.2) is 12.7 Å². The highest BCUT2D eigenvalue weighted by Gasteiger charge is 2.26. The number of carboxylic acids is 1. The average molecular weight is 346 g/mol. The van der Waals surface area contributed by atoms with Crippen molar-refractivity contribution in [3.05, 3.63) is 12.7 Å². The van der Waals surface area contributed by atoms with Crippen molar-refractivity contribution in [2.45, 2.75) is 57.5 Å². The summed E-state index contributed by atoms with van der Waals surface area (Å²) in [6.45, 7) is 5.62. The Morgan fingerprint density at radius 1 is 1.30 bits per heavy atom. The standard InChI is InChI=1S/C15H26N2O5S/c1-3-4-5-13(15(19)20)16-14(18)10-23(21,22)17-12-8-6-11(2)7-9-12/h3,11-13,17H,1,4-10H2,2H3,(H,16,18)(H,19,20). The number of amides is 1. The first-order chi connectivity index (χ1) is 10.7. The first kappa shape index (κ1) is 19.6. The van der Waals surface area contributed by atoms with E-state index in [2.05, 4.69) is 23.5 Å². The minimum atomic E-state index is -3.76. The van der Waals surface area contributed by atoms with Gasteiger partial charge >= 0.3 is 5.97 Å². The van der Waals surface area contributed by atoms with Gasteiger partial charge in [0.25, 0.3) is 0 Å².